The highest BCUT2D eigenvalue weighted by Crippen LogP contribution is 2.42. The maximum Gasteiger partial charge on any atom is 0.226 e. The number of anilines is 1. The van der Waals surface area contributed by atoms with E-state index in [1.54, 1.807) is 16.8 Å². The van der Waals surface area contributed by atoms with Crippen LogP contribution in [0.3, 0.4) is 0 Å². The Morgan fingerprint density at radius 3 is 2.93 bits per heavy atom. The average Bonchev–Trinajstić information content (AvgIpc) is 3.28. The fourth-order valence-electron chi connectivity index (χ4n) is 3.46. The topological polar surface area (TPSA) is 90.0 Å². The summed E-state index contributed by atoms with van der Waals surface area (Å²) in [5.74, 6) is 0.632. The van der Waals surface area contributed by atoms with Gasteiger partial charge in [-0.2, -0.15) is 9.78 Å². The Bertz CT molecular complexity index is 1190. The number of imidazole rings is 1. The molecular weight excluding hydrogens is 409 g/mol. The largest absolute Gasteiger partial charge is 0.310 e. The van der Waals surface area contributed by atoms with Gasteiger partial charge in [-0.1, -0.05) is 23.2 Å². The number of thiazole rings is 1. The summed E-state index contributed by atoms with van der Waals surface area (Å²) in [5.41, 5.74) is 2.45. The number of amides is 1. The molecule has 0 saturated heterocycles. The minimum atomic E-state index is -0.264. The molecule has 4 aromatic rings. The van der Waals surface area contributed by atoms with E-state index in [2.05, 4.69) is 25.6 Å². The molecule has 0 aliphatic carbocycles. The first-order chi connectivity index (χ1) is 13.0. The van der Waals surface area contributed by atoms with Gasteiger partial charge in [-0.3, -0.25) is 9.20 Å². The zero-order valence-electron chi connectivity index (χ0n) is 13.8. The van der Waals surface area contributed by atoms with Gasteiger partial charge in [0.15, 0.2) is 21.1 Å². The number of hydrogen-bond acceptors (Lipinski definition) is 6. The van der Waals surface area contributed by atoms with Gasteiger partial charge >= 0.3 is 0 Å². The number of nitrogens with one attached hydrogen (secondary N) is 1. The summed E-state index contributed by atoms with van der Waals surface area (Å²) in [6.07, 6.45) is 2.17. The Labute approximate surface area is 166 Å². The maximum atomic E-state index is 12.5. The smallest absolute Gasteiger partial charge is 0.226 e. The maximum absolute atomic E-state index is 12.5. The molecule has 5 heterocycles. The SMILES string of the molecule is Cc1nn(-c2ccc(Cl)nn2)c2c1C(c1c(Cl)nc3sccn13)CC(=O)N2. The first-order valence-corrected chi connectivity index (χ1v) is 9.66. The third-order valence-electron chi connectivity index (χ3n) is 4.52. The van der Waals surface area contributed by atoms with Crippen LogP contribution in [0.2, 0.25) is 10.3 Å². The summed E-state index contributed by atoms with van der Waals surface area (Å²) in [5, 5.41) is 18.0. The molecule has 1 unspecified atom stereocenters. The fraction of sp³-hybridized carbons (Fsp3) is 0.188. The number of carbonyl (C=O) groups excluding carboxylic acids is 1. The number of halogens is 2. The zero-order chi connectivity index (χ0) is 18.7. The van der Waals surface area contributed by atoms with Crippen molar-refractivity contribution in [1.82, 2.24) is 29.4 Å². The van der Waals surface area contributed by atoms with Gasteiger partial charge in [0.05, 0.1) is 11.4 Å². The lowest BCUT2D eigenvalue weighted by Gasteiger charge is -2.23. The highest BCUT2D eigenvalue weighted by Gasteiger charge is 2.36. The summed E-state index contributed by atoms with van der Waals surface area (Å²) in [7, 11) is 0. The Morgan fingerprint density at radius 1 is 1.30 bits per heavy atom. The van der Waals surface area contributed by atoms with Crippen LogP contribution >= 0.6 is 34.5 Å². The third kappa shape index (κ3) is 2.53. The van der Waals surface area contributed by atoms with Crippen LogP contribution in [0.5, 0.6) is 0 Å². The highest BCUT2D eigenvalue weighted by atomic mass is 35.5. The van der Waals surface area contributed by atoms with E-state index in [4.69, 9.17) is 23.2 Å². The van der Waals surface area contributed by atoms with Gasteiger partial charge in [-0.25, -0.2) is 4.98 Å². The van der Waals surface area contributed by atoms with E-state index in [0.717, 1.165) is 21.9 Å². The Hall–Kier alpha value is -2.49. The molecule has 0 saturated carbocycles. The van der Waals surface area contributed by atoms with Gasteiger partial charge < -0.3 is 5.32 Å². The lowest BCUT2D eigenvalue weighted by molar-refractivity contribution is -0.116. The lowest BCUT2D eigenvalue weighted by Crippen LogP contribution is -2.25. The molecule has 27 heavy (non-hydrogen) atoms. The summed E-state index contributed by atoms with van der Waals surface area (Å²) in [4.78, 5) is 17.7. The molecule has 0 aromatic carbocycles. The van der Waals surface area contributed by atoms with Crippen LogP contribution < -0.4 is 5.32 Å². The van der Waals surface area contributed by atoms with Crippen molar-refractivity contribution < 1.29 is 4.79 Å². The van der Waals surface area contributed by atoms with Crippen LogP contribution in [0.4, 0.5) is 5.82 Å². The molecule has 0 spiro atoms. The molecule has 1 N–H and O–H groups in total. The second kappa shape index (κ2) is 6.01. The van der Waals surface area contributed by atoms with Crippen LogP contribution in [0.1, 0.15) is 29.3 Å². The van der Waals surface area contributed by atoms with Crippen molar-refractivity contribution in [3.8, 4) is 5.82 Å². The number of carbonyl (C=O) groups is 1. The van der Waals surface area contributed by atoms with Crippen molar-refractivity contribution in [1.29, 1.82) is 0 Å². The first kappa shape index (κ1) is 16.7. The molecule has 0 fully saturated rings. The van der Waals surface area contributed by atoms with Gasteiger partial charge in [-0.05, 0) is 19.1 Å². The lowest BCUT2D eigenvalue weighted by atomic mass is 9.89. The third-order valence-corrected chi connectivity index (χ3v) is 5.76. The monoisotopic (exact) mass is 419 g/mol. The molecule has 11 heteroatoms. The molecule has 4 aromatic heterocycles. The van der Waals surface area contributed by atoms with Gasteiger partial charge in [0.1, 0.15) is 5.82 Å². The molecule has 0 bridgehead atoms. The molecular formula is C16H11Cl2N7OS. The van der Waals surface area contributed by atoms with Crippen LogP contribution in [-0.4, -0.2) is 35.3 Å². The second-order valence-electron chi connectivity index (χ2n) is 6.12. The predicted molar refractivity (Wildman–Crippen MR) is 102 cm³/mol. The number of nitrogens with zero attached hydrogens (tertiary/aromatic N) is 6. The minimum Gasteiger partial charge on any atom is -0.310 e. The number of aryl methyl sites for hydroxylation is 1. The van der Waals surface area contributed by atoms with Crippen LogP contribution in [-0.2, 0) is 4.79 Å². The van der Waals surface area contributed by atoms with Crippen molar-refractivity contribution in [2.45, 2.75) is 19.3 Å². The van der Waals surface area contributed by atoms with Crippen molar-refractivity contribution >= 4 is 51.2 Å². The number of aromatic nitrogens is 6. The predicted octanol–water partition coefficient (Wildman–Crippen LogP) is 3.46. The molecule has 1 aliphatic heterocycles. The molecule has 8 nitrogen and oxygen atoms in total. The summed E-state index contributed by atoms with van der Waals surface area (Å²) < 4.78 is 3.50. The van der Waals surface area contributed by atoms with E-state index in [1.807, 2.05) is 22.9 Å². The highest BCUT2D eigenvalue weighted by molar-refractivity contribution is 7.15. The molecule has 136 valence electrons. The number of hydrogen-bond donors (Lipinski definition) is 1. The van der Waals surface area contributed by atoms with E-state index < -0.39 is 0 Å². The van der Waals surface area contributed by atoms with E-state index in [9.17, 15) is 4.79 Å². The second-order valence-corrected chi connectivity index (χ2v) is 7.74. The molecule has 1 amide bonds. The van der Waals surface area contributed by atoms with Crippen LogP contribution in [0.25, 0.3) is 10.8 Å². The van der Waals surface area contributed by atoms with Gasteiger partial charge in [0, 0.05) is 29.5 Å². The Morgan fingerprint density at radius 2 is 2.15 bits per heavy atom. The minimum absolute atomic E-state index is 0.128. The number of rotatable bonds is 2. The fourth-order valence-corrected chi connectivity index (χ4v) is 4.63. The van der Waals surface area contributed by atoms with Crippen molar-refractivity contribution in [3.63, 3.8) is 0 Å². The van der Waals surface area contributed by atoms with Crippen molar-refractivity contribution in [3.05, 3.63) is 51.0 Å². The molecule has 0 radical (unpaired) electrons. The summed E-state index contributed by atoms with van der Waals surface area (Å²) in [6.45, 7) is 1.89. The standard InChI is InChI=1S/C16H11Cl2N7OS/c1-7-12-8(13-14(18)20-16-24(13)4-5-27-16)6-11(26)19-15(12)25(23-7)10-3-2-9(17)21-22-10/h2-5,8H,6H2,1H3,(H,19,26). The number of fused-ring (bicyclic) bond motifs is 2. The van der Waals surface area contributed by atoms with E-state index in [0.29, 0.717) is 16.8 Å². The van der Waals surface area contributed by atoms with Gasteiger partial charge in [-0.15, -0.1) is 21.5 Å². The zero-order valence-corrected chi connectivity index (χ0v) is 16.2. The first-order valence-electron chi connectivity index (χ1n) is 8.03. The Kier molecular flexibility index (Phi) is 3.71. The molecule has 1 aliphatic rings. The van der Waals surface area contributed by atoms with E-state index >= 15 is 0 Å². The normalized spacial score (nSPS) is 16.6. The molecule has 1 atom stereocenters. The van der Waals surface area contributed by atoms with Crippen LogP contribution in [0, 0.1) is 6.92 Å². The van der Waals surface area contributed by atoms with Gasteiger partial charge in [0.2, 0.25) is 5.91 Å². The van der Waals surface area contributed by atoms with Crippen molar-refractivity contribution in [2.24, 2.45) is 0 Å². The van der Waals surface area contributed by atoms with Crippen LogP contribution in [0.15, 0.2) is 23.7 Å². The quantitative estimate of drug-likeness (QED) is 0.537. The summed E-state index contributed by atoms with van der Waals surface area (Å²) >= 11 is 13.7. The Balaban J connectivity index is 1.72. The molecule has 5 rings (SSSR count). The van der Waals surface area contributed by atoms with E-state index in [-0.39, 0.29) is 23.4 Å². The average molecular weight is 420 g/mol. The van der Waals surface area contributed by atoms with Gasteiger partial charge in [0.25, 0.3) is 0 Å². The summed E-state index contributed by atoms with van der Waals surface area (Å²) in [6, 6.07) is 3.32. The van der Waals surface area contributed by atoms with E-state index in [1.165, 1.54) is 11.3 Å². The van der Waals surface area contributed by atoms with Crippen molar-refractivity contribution in [2.75, 3.05) is 5.32 Å².